The molecule has 2 rings (SSSR count). The normalized spacial score (nSPS) is 10.7. The molecule has 1 amide bonds. The monoisotopic (exact) mass is 366 g/mol. The van der Waals surface area contributed by atoms with Gasteiger partial charge >= 0.3 is 0 Å². The number of ether oxygens (including phenoxy) is 2. The first-order chi connectivity index (χ1) is 11.5. The highest BCUT2D eigenvalue weighted by Crippen LogP contribution is 2.29. The van der Waals surface area contributed by atoms with Crippen molar-refractivity contribution in [3.05, 3.63) is 57.1 Å². The maximum absolute atomic E-state index is 12.0. The Labute approximate surface area is 150 Å². The van der Waals surface area contributed by atoms with E-state index in [1.807, 2.05) is 13.0 Å². The number of hydrazone groups is 1. The summed E-state index contributed by atoms with van der Waals surface area (Å²) in [7, 11) is 3.13. The van der Waals surface area contributed by atoms with Crippen LogP contribution >= 0.6 is 23.2 Å². The molecule has 0 bridgehead atoms. The minimum atomic E-state index is -0.386. The molecule has 0 atom stereocenters. The highest BCUT2D eigenvalue weighted by Gasteiger charge is 2.09. The molecule has 0 aliphatic heterocycles. The third-order valence-corrected chi connectivity index (χ3v) is 4.06. The van der Waals surface area contributed by atoms with Gasteiger partial charge in [-0.2, -0.15) is 5.10 Å². The van der Waals surface area contributed by atoms with Crippen molar-refractivity contribution in [1.82, 2.24) is 5.43 Å². The summed E-state index contributed by atoms with van der Waals surface area (Å²) in [5, 5.41) is 4.66. The maximum Gasteiger partial charge on any atom is 0.271 e. The van der Waals surface area contributed by atoms with Gasteiger partial charge in [0.2, 0.25) is 0 Å². The molecule has 0 unspecified atom stereocenters. The van der Waals surface area contributed by atoms with Gasteiger partial charge in [0.05, 0.1) is 30.5 Å². The topological polar surface area (TPSA) is 59.9 Å². The van der Waals surface area contributed by atoms with Crippen LogP contribution < -0.4 is 14.9 Å². The Morgan fingerprint density at radius 1 is 1.08 bits per heavy atom. The van der Waals surface area contributed by atoms with Crippen molar-refractivity contribution in [3.8, 4) is 11.5 Å². The first kappa shape index (κ1) is 18.1. The zero-order valence-corrected chi connectivity index (χ0v) is 14.9. The van der Waals surface area contributed by atoms with Gasteiger partial charge in [-0.05, 0) is 42.8 Å². The second kappa shape index (κ2) is 8.04. The van der Waals surface area contributed by atoms with Gasteiger partial charge in [0.1, 0.15) is 0 Å². The molecule has 0 radical (unpaired) electrons. The Kier molecular flexibility index (Phi) is 6.06. The molecule has 2 aromatic rings. The second-order valence-corrected chi connectivity index (χ2v) is 5.71. The second-order valence-electron chi connectivity index (χ2n) is 4.89. The van der Waals surface area contributed by atoms with Crippen LogP contribution in [0.2, 0.25) is 10.0 Å². The van der Waals surface area contributed by atoms with Crippen LogP contribution in [-0.4, -0.2) is 26.3 Å². The fourth-order valence-electron chi connectivity index (χ4n) is 2.00. The first-order valence-electron chi connectivity index (χ1n) is 6.97. The summed E-state index contributed by atoms with van der Waals surface area (Å²) in [4.78, 5) is 12.0. The zero-order valence-electron chi connectivity index (χ0n) is 13.4. The number of rotatable bonds is 5. The zero-order chi connectivity index (χ0) is 17.7. The van der Waals surface area contributed by atoms with E-state index in [4.69, 9.17) is 32.7 Å². The summed E-state index contributed by atoms with van der Waals surface area (Å²) in [6, 6.07) is 8.22. The van der Waals surface area contributed by atoms with Gasteiger partial charge in [-0.1, -0.05) is 23.2 Å². The van der Waals surface area contributed by atoms with Gasteiger partial charge in [0, 0.05) is 11.1 Å². The van der Waals surface area contributed by atoms with Gasteiger partial charge in [-0.3, -0.25) is 4.79 Å². The molecule has 2 aromatic carbocycles. The van der Waals surface area contributed by atoms with Crippen molar-refractivity contribution in [2.24, 2.45) is 5.10 Å². The minimum Gasteiger partial charge on any atom is -0.493 e. The van der Waals surface area contributed by atoms with E-state index in [0.29, 0.717) is 27.1 Å². The quantitative estimate of drug-likeness (QED) is 0.640. The average molecular weight is 367 g/mol. The number of nitrogens with zero attached hydrogens (tertiary/aromatic N) is 1. The summed E-state index contributed by atoms with van der Waals surface area (Å²) in [6.45, 7) is 1.91. The number of carbonyl (C=O) groups is 1. The Bertz CT molecular complexity index is 792. The van der Waals surface area contributed by atoms with Crippen LogP contribution in [0.25, 0.3) is 0 Å². The van der Waals surface area contributed by atoms with Crippen LogP contribution in [0.5, 0.6) is 11.5 Å². The highest BCUT2D eigenvalue weighted by molar-refractivity contribution is 6.42. The first-order valence-corrected chi connectivity index (χ1v) is 7.73. The van der Waals surface area contributed by atoms with E-state index in [9.17, 15) is 4.79 Å². The molecule has 0 spiro atoms. The molecule has 7 heteroatoms. The van der Waals surface area contributed by atoms with Crippen LogP contribution in [0.1, 0.15) is 21.5 Å². The molecular weight excluding hydrogens is 351 g/mol. The van der Waals surface area contributed by atoms with Gasteiger partial charge < -0.3 is 9.47 Å². The lowest BCUT2D eigenvalue weighted by Gasteiger charge is -2.10. The van der Waals surface area contributed by atoms with E-state index in [-0.39, 0.29) is 5.91 Å². The number of hydrogen-bond acceptors (Lipinski definition) is 4. The van der Waals surface area contributed by atoms with Crippen LogP contribution in [0, 0.1) is 6.92 Å². The number of carbonyl (C=O) groups excluding carboxylic acids is 1. The lowest BCUT2D eigenvalue weighted by molar-refractivity contribution is 0.0955. The minimum absolute atomic E-state index is 0.309. The predicted molar refractivity (Wildman–Crippen MR) is 95.8 cm³/mol. The maximum atomic E-state index is 12.0. The lowest BCUT2D eigenvalue weighted by Crippen LogP contribution is -2.17. The molecule has 0 fully saturated rings. The molecule has 24 heavy (non-hydrogen) atoms. The fourth-order valence-corrected chi connectivity index (χ4v) is 2.30. The van der Waals surface area contributed by atoms with E-state index >= 15 is 0 Å². The van der Waals surface area contributed by atoms with Crippen molar-refractivity contribution >= 4 is 35.3 Å². The molecule has 0 aromatic heterocycles. The van der Waals surface area contributed by atoms with Crippen LogP contribution in [0.4, 0.5) is 0 Å². The van der Waals surface area contributed by atoms with Gasteiger partial charge in [0.25, 0.3) is 5.91 Å². The average Bonchev–Trinajstić information content (AvgIpc) is 2.58. The van der Waals surface area contributed by atoms with E-state index in [0.717, 1.165) is 11.1 Å². The summed E-state index contributed by atoms with van der Waals surface area (Å²) in [5.41, 5.74) is 4.53. The molecule has 0 aliphatic rings. The predicted octanol–water partition coefficient (Wildman–Crippen LogP) is 4.08. The van der Waals surface area contributed by atoms with E-state index in [1.165, 1.54) is 12.3 Å². The molecule has 1 N–H and O–H groups in total. The SMILES string of the molecule is COc1cc(C)c(C=NNC(=O)c2ccc(Cl)c(Cl)c2)cc1OC. The number of methoxy groups -OCH3 is 2. The summed E-state index contributed by atoms with van der Waals surface area (Å²) >= 11 is 11.7. The van der Waals surface area contributed by atoms with Crippen LogP contribution in [0.3, 0.4) is 0 Å². The van der Waals surface area contributed by atoms with E-state index in [1.54, 1.807) is 32.4 Å². The van der Waals surface area contributed by atoms with Gasteiger partial charge in [-0.15, -0.1) is 0 Å². The van der Waals surface area contributed by atoms with Crippen molar-refractivity contribution in [3.63, 3.8) is 0 Å². The molecule has 0 heterocycles. The molecule has 0 aliphatic carbocycles. The molecule has 0 saturated carbocycles. The Balaban J connectivity index is 2.13. The number of benzene rings is 2. The third kappa shape index (κ3) is 4.19. The standard InChI is InChI=1S/C17H16Cl2N2O3/c1-10-6-15(23-2)16(24-3)8-12(10)9-20-21-17(22)11-4-5-13(18)14(19)7-11/h4-9H,1-3H3,(H,21,22). The van der Waals surface area contributed by atoms with Crippen molar-refractivity contribution in [1.29, 1.82) is 0 Å². The summed E-state index contributed by atoms with van der Waals surface area (Å²) in [6.07, 6.45) is 1.53. The summed E-state index contributed by atoms with van der Waals surface area (Å²) in [5.74, 6) is 0.829. The van der Waals surface area contributed by atoms with Crippen LogP contribution in [-0.2, 0) is 0 Å². The molecular formula is C17H16Cl2N2O3. The van der Waals surface area contributed by atoms with Gasteiger partial charge in [0.15, 0.2) is 11.5 Å². The Morgan fingerprint density at radius 3 is 2.38 bits per heavy atom. The summed E-state index contributed by atoms with van der Waals surface area (Å²) < 4.78 is 10.5. The molecule has 5 nitrogen and oxygen atoms in total. The number of nitrogens with one attached hydrogen (secondary N) is 1. The Morgan fingerprint density at radius 2 is 1.75 bits per heavy atom. The number of halogens is 2. The van der Waals surface area contributed by atoms with Gasteiger partial charge in [-0.25, -0.2) is 5.43 Å². The smallest absolute Gasteiger partial charge is 0.271 e. The van der Waals surface area contributed by atoms with E-state index < -0.39 is 0 Å². The van der Waals surface area contributed by atoms with Crippen molar-refractivity contribution < 1.29 is 14.3 Å². The fraction of sp³-hybridized carbons (Fsp3) is 0.176. The number of amides is 1. The van der Waals surface area contributed by atoms with Crippen LogP contribution in [0.15, 0.2) is 35.4 Å². The largest absolute Gasteiger partial charge is 0.493 e. The van der Waals surface area contributed by atoms with Crippen molar-refractivity contribution in [2.75, 3.05) is 14.2 Å². The third-order valence-electron chi connectivity index (χ3n) is 3.32. The van der Waals surface area contributed by atoms with Crippen molar-refractivity contribution in [2.45, 2.75) is 6.92 Å². The molecule has 126 valence electrons. The molecule has 0 saturated heterocycles. The lowest BCUT2D eigenvalue weighted by atomic mass is 10.1. The van der Waals surface area contributed by atoms with E-state index in [2.05, 4.69) is 10.5 Å². The Hall–Kier alpha value is -2.24. The number of aryl methyl sites for hydroxylation is 1. The highest BCUT2D eigenvalue weighted by atomic mass is 35.5. The number of hydrogen-bond donors (Lipinski definition) is 1.